The molecule has 1 aromatic carbocycles. The van der Waals surface area contributed by atoms with Crippen molar-refractivity contribution >= 4 is 29.9 Å². The summed E-state index contributed by atoms with van der Waals surface area (Å²) in [6, 6.07) is 7.10. The van der Waals surface area contributed by atoms with Crippen LogP contribution in [0.25, 0.3) is 0 Å². The zero-order valence-corrected chi connectivity index (χ0v) is 19.3. The highest BCUT2D eigenvalue weighted by Crippen LogP contribution is 2.27. The lowest BCUT2D eigenvalue weighted by molar-refractivity contribution is 0.207. The van der Waals surface area contributed by atoms with E-state index in [1.54, 1.807) is 0 Å². The number of nitrogens with zero attached hydrogens (tertiary/aromatic N) is 2. The number of aliphatic imine (C=N–C) groups is 1. The van der Waals surface area contributed by atoms with Crippen molar-refractivity contribution in [3.05, 3.63) is 29.3 Å². The molecule has 0 bridgehead atoms. The van der Waals surface area contributed by atoms with Crippen molar-refractivity contribution in [1.82, 2.24) is 15.5 Å². The normalized spacial score (nSPS) is 21.1. The van der Waals surface area contributed by atoms with Crippen molar-refractivity contribution in [1.29, 1.82) is 0 Å². The van der Waals surface area contributed by atoms with Crippen molar-refractivity contribution in [2.45, 2.75) is 64.1 Å². The van der Waals surface area contributed by atoms with Gasteiger partial charge in [-0.2, -0.15) is 0 Å². The molecule has 152 valence electrons. The third-order valence-corrected chi connectivity index (χ3v) is 5.67. The Morgan fingerprint density at radius 3 is 2.63 bits per heavy atom. The maximum absolute atomic E-state index is 6.30. The lowest BCUT2D eigenvalue weighted by atomic mass is 10.1. The molecule has 1 heterocycles. The van der Waals surface area contributed by atoms with Crippen molar-refractivity contribution in [2.75, 3.05) is 27.2 Å². The van der Waals surface area contributed by atoms with Crippen LogP contribution in [-0.2, 0) is 6.54 Å². The van der Waals surface area contributed by atoms with Gasteiger partial charge in [-0.1, -0.05) is 12.1 Å². The standard InChI is InChI=1S/C21H34N4O.HI/c1-16-10-11-17(20(13-16)26-19-8-4-5-9-19)14-23-21(22-2)24-15-18-7-6-12-25(18)3;/h10-11,13,18-19H,4-9,12,14-15H2,1-3H3,(H2,22,23,24);1H. The van der Waals surface area contributed by atoms with Gasteiger partial charge in [0.15, 0.2) is 5.96 Å². The first-order valence-corrected chi connectivity index (χ1v) is 10.1. The van der Waals surface area contributed by atoms with E-state index in [1.165, 1.54) is 56.2 Å². The number of benzene rings is 1. The van der Waals surface area contributed by atoms with Crippen molar-refractivity contribution in [3.8, 4) is 5.75 Å². The molecule has 1 aliphatic heterocycles. The number of rotatable bonds is 6. The van der Waals surface area contributed by atoms with Gasteiger partial charge in [-0.25, -0.2) is 0 Å². The summed E-state index contributed by atoms with van der Waals surface area (Å²) in [5.41, 5.74) is 2.44. The van der Waals surface area contributed by atoms with E-state index in [0.29, 0.717) is 12.1 Å². The summed E-state index contributed by atoms with van der Waals surface area (Å²) in [6.07, 6.45) is 7.87. The molecule has 0 amide bonds. The Hall–Kier alpha value is -1.02. The van der Waals surface area contributed by atoms with Crippen LogP contribution in [0.15, 0.2) is 23.2 Å². The van der Waals surface area contributed by atoms with Crippen molar-refractivity contribution in [3.63, 3.8) is 0 Å². The van der Waals surface area contributed by atoms with Gasteiger partial charge >= 0.3 is 0 Å². The number of likely N-dealkylation sites (N-methyl/N-ethyl adjacent to an activating group) is 1. The molecule has 6 heteroatoms. The second kappa shape index (κ2) is 11.1. The van der Waals surface area contributed by atoms with Crippen LogP contribution in [0, 0.1) is 6.92 Å². The lowest BCUT2D eigenvalue weighted by Gasteiger charge is -2.22. The van der Waals surface area contributed by atoms with Crippen LogP contribution in [0.4, 0.5) is 0 Å². The summed E-state index contributed by atoms with van der Waals surface area (Å²) in [7, 11) is 4.03. The Labute approximate surface area is 181 Å². The van der Waals surface area contributed by atoms with Crippen LogP contribution in [0.1, 0.15) is 49.7 Å². The van der Waals surface area contributed by atoms with Gasteiger partial charge in [0, 0.05) is 31.7 Å². The largest absolute Gasteiger partial charge is 0.490 e. The van der Waals surface area contributed by atoms with Crippen LogP contribution in [-0.4, -0.2) is 50.2 Å². The SMILES string of the molecule is CN=C(NCc1ccc(C)cc1OC1CCCC1)NCC1CCCN1C.I. The summed E-state index contributed by atoms with van der Waals surface area (Å²) in [6.45, 7) is 4.99. The highest BCUT2D eigenvalue weighted by Gasteiger charge is 2.21. The molecule has 1 unspecified atom stereocenters. The van der Waals surface area contributed by atoms with Gasteiger partial charge in [0.05, 0.1) is 6.10 Å². The Morgan fingerprint density at radius 1 is 1.19 bits per heavy atom. The van der Waals surface area contributed by atoms with Crippen LogP contribution < -0.4 is 15.4 Å². The summed E-state index contributed by atoms with van der Waals surface area (Å²) in [5.74, 6) is 1.88. The molecular formula is C21H35IN4O. The number of ether oxygens (including phenoxy) is 1. The number of aryl methyl sites for hydroxylation is 1. The van der Waals surface area contributed by atoms with Crippen LogP contribution in [0.3, 0.4) is 0 Å². The lowest BCUT2D eigenvalue weighted by Crippen LogP contribution is -2.43. The van der Waals surface area contributed by atoms with E-state index in [0.717, 1.165) is 24.8 Å². The van der Waals surface area contributed by atoms with Gasteiger partial charge in [-0.3, -0.25) is 4.99 Å². The minimum absolute atomic E-state index is 0. The van der Waals surface area contributed by atoms with E-state index in [2.05, 4.69) is 52.7 Å². The fraction of sp³-hybridized carbons (Fsp3) is 0.667. The third kappa shape index (κ3) is 6.52. The number of nitrogens with one attached hydrogen (secondary N) is 2. The summed E-state index contributed by atoms with van der Waals surface area (Å²) < 4.78 is 6.30. The molecule has 0 aromatic heterocycles. The average molecular weight is 486 g/mol. The predicted octanol–water partition coefficient (Wildman–Crippen LogP) is 3.69. The highest BCUT2D eigenvalue weighted by atomic mass is 127. The minimum atomic E-state index is 0. The minimum Gasteiger partial charge on any atom is -0.490 e. The topological polar surface area (TPSA) is 48.9 Å². The molecule has 1 saturated heterocycles. The zero-order chi connectivity index (χ0) is 18.4. The molecule has 2 fully saturated rings. The monoisotopic (exact) mass is 486 g/mol. The Kier molecular flexibility index (Phi) is 9.15. The Morgan fingerprint density at radius 2 is 1.96 bits per heavy atom. The van der Waals surface area contributed by atoms with E-state index in [4.69, 9.17) is 4.74 Å². The fourth-order valence-electron chi connectivity index (χ4n) is 3.95. The first-order chi connectivity index (χ1) is 12.7. The summed E-state index contributed by atoms with van der Waals surface area (Å²) in [4.78, 5) is 6.80. The fourth-order valence-corrected chi connectivity index (χ4v) is 3.95. The maximum atomic E-state index is 6.30. The summed E-state index contributed by atoms with van der Waals surface area (Å²) >= 11 is 0. The number of hydrogen-bond donors (Lipinski definition) is 2. The molecule has 1 saturated carbocycles. The average Bonchev–Trinajstić information content (AvgIpc) is 3.28. The molecule has 1 aromatic rings. The van der Waals surface area contributed by atoms with E-state index < -0.39 is 0 Å². The third-order valence-electron chi connectivity index (χ3n) is 5.67. The molecule has 27 heavy (non-hydrogen) atoms. The quantitative estimate of drug-likeness (QED) is 0.366. The number of guanidine groups is 1. The Balaban J connectivity index is 0.00000261. The van der Waals surface area contributed by atoms with E-state index >= 15 is 0 Å². The number of likely N-dealkylation sites (tertiary alicyclic amines) is 1. The summed E-state index contributed by atoms with van der Waals surface area (Å²) in [5, 5.41) is 6.92. The highest BCUT2D eigenvalue weighted by molar-refractivity contribution is 14.0. The van der Waals surface area contributed by atoms with Crippen LogP contribution in [0.2, 0.25) is 0 Å². The van der Waals surface area contributed by atoms with Crippen molar-refractivity contribution < 1.29 is 4.74 Å². The number of hydrogen-bond acceptors (Lipinski definition) is 3. The van der Waals surface area contributed by atoms with Crippen LogP contribution >= 0.6 is 24.0 Å². The van der Waals surface area contributed by atoms with Crippen LogP contribution in [0.5, 0.6) is 5.75 Å². The molecule has 0 radical (unpaired) electrons. The van der Waals surface area contributed by atoms with Gasteiger partial charge < -0.3 is 20.3 Å². The molecule has 0 spiro atoms. The Bertz CT molecular complexity index is 616. The second-order valence-electron chi connectivity index (χ2n) is 7.72. The predicted molar refractivity (Wildman–Crippen MR) is 123 cm³/mol. The van der Waals surface area contributed by atoms with Gasteiger partial charge in [0.25, 0.3) is 0 Å². The molecule has 5 nitrogen and oxygen atoms in total. The molecule has 2 aliphatic rings. The maximum Gasteiger partial charge on any atom is 0.191 e. The van der Waals surface area contributed by atoms with E-state index in [1.807, 2.05) is 7.05 Å². The van der Waals surface area contributed by atoms with Crippen molar-refractivity contribution in [2.24, 2.45) is 4.99 Å². The van der Waals surface area contributed by atoms with Gasteiger partial charge in [0.2, 0.25) is 0 Å². The molecule has 1 aliphatic carbocycles. The molecule has 1 atom stereocenters. The first kappa shape index (κ1) is 22.3. The second-order valence-corrected chi connectivity index (χ2v) is 7.72. The zero-order valence-electron chi connectivity index (χ0n) is 17.0. The van der Waals surface area contributed by atoms with Gasteiger partial charge in [0.1, 0.15) is 5.75 Å². The first-order valence-electron chi connectivity index (χ1n) is 10.1. The van der Waals surface area contributed by atoms with Gasteiger partial charge in [-0.15, -0.1) is 24.0 Å². The molecule has 3 rings (SSSR count). The smallest absolute Gasteiger partial charge is 0.191 e. The molecular weight excluding hydrogens is 451 g/mol. The molecule has 2 N–H and O–H groups in total. The number of halogens is 1. The van der Waals surface area contributed by atoms with E-state index in [9.17, 15) is 0 Å². The van der Waals surface area contributed by atoms with Gasteiger partial charge in [-0.05, 0) is 70.7 Å². The van der Waals surface area contributed by atoms with E-state index in [-0.39, 0.29) is 24.0 Å².